The van der Waals surface area contributed by atoms with E-state index in [1.54, 1.807) is 4.68 Å². The Hall–Kier alpha value is -2.64. The van der Waals surface area contributed by atoms with Gasteiger partial charge in [0.15, 0.2) is 17.3 Å². The van der Waals surface area contributed by atoms with E-state index in [-0.39, 0.29) is 12.7 Å². The van der Waals surface area contributed by atoms with E-state index in [0.29, 0.717) is 23.7 Å². The fourth-order valence-electron chi connectivity index (χ4n) is 3.59. The molecule has 2 aliphatic rings. The van der Waals surface area contributed by atoms with Crippen molar-refractivity contribution >= 4 is 5.91 Å². The first-order valence-corrected chi connectivity index (χ1v) is 8.72. The molecule has 1 N–H and O–H groups in total. The summed E-state index contributed by atoms with van der Waals surface area (Å²) >= 11 is 0. The topological polar surface area (TPSA) is 91.2 Å². The van der Waals surface area contributed by atoms with Gasteiger partial charge in [0, 0.05) is 12.5 Å². The molecule has 4 rings (SSSR count). The first-order chi connectivity index (χ1) is 12.2. The van der Waals surface area contributed by atoms with Crippen molar-refractivity contribution < 1.29 is 14.3 Å². The molecule has 0 saturated heterocycles. The lowest BCUT2D eigenvalue weighted by Crippen LogP contribution is -2.48. The third-order valence-corrected chi connectivity index (χ3v) is 4.91. The van der Waals surface area contributed by atoms with Crippen molar-refractivity contribution in [3.05, 3.63) is 24.0 Å². The standard InChI is InChI=1S/C17H21N5O3/c1-2-15(23)18-17(8-4-3-5-9-17)16-19-20-21-22(16)12-6-7-13-14(10-12)25-11-24-13/h6-7,10H,2-5,8-9,11H2,1H3,(H,18,23). The molecule has 2 aromatic rings. The minimum atomic E-state index is -0.523. The molecule has 25 heavy (non-hydrogen) atoms. The zero-order chi connectivity index (χ0) is 17.3. The second kappa shape index (κ2) is 6.34. The number of fused-ring (bicyclic) bond motifs is 1. The number of carbonyl (C=O) groups is 1. The van der Waals surface area contributed by atoms with Crippen molar-refractivity contribution in [1.82, 2.24) is 25.5 Å². The quantitative estimate of drug-likeness (QED) is 0.914. The molecule has 1 aliphatic heterocycles. The Morgan fingerprint density at radius 3 is 2.84 bits per heavy atom. The van der Waals surface area contributed by atoms with Crippen molar-refractivity contribution in [2.24, 2.45) is 0 Å². The number of ether oxygens (including phenoxy) is 2. The molecule has 0 bridgehead atoms. The SMILES string of the molecule is CCC(=O)NC1(c2nnnn2-c2ccc3c(c2)OCO3)CCCCC1. The van der Waals surface area contributed by atoms with Gasteiger partial charge in [-0.05, 0) is 35.4 Å². The highest BCUT2D eigenvalue weighted by Crippen LogP contribution is 2.38. The Kier molecular flexibility index (Phi) is 4.03. The number of benzene rings is 1. The fourth-order valence-corrected chi connectivity index (χ4v) is 3.59. The second-order valence-electron chi connectivity index (χ2n) is 6.50. The average molecular weight is 343 g/mol. The lowest BCUT2D eigenvalue weighted by molar-refractivity contribution is -0.123. The van der Waals surface area contributed by atoms with Gasteiger partial charge in [-0.25, -0.2) is 0 Å². The van der Waals surface area contributed by atoms with Crippen LogP contribution in [0.25, 0.3) is 5.69 Å². The van der Waals surface area contributed by atoms with E-state index in [4.69, 9.17) is 9.47 Å². The van der Waals surface area contributed by atoms with Crippen molar-refractivity contribution in [2.45, 2.75) is 51.0 Å². The smallest absolute Gasteiger partial charge is 0.231 e. The first-order valence-electron chi connectivity index (χ1n) is 8.72. The summed E-state index contributed by atoms with van der Waals surface area (Å²) in [5, 5.41) is 15.5. The Labute approximate surface area is 145 Å². The molecule has 1 fully saturated rings. The van der Waals surface area contributed by atoms with Crippen LogP contribution in [0.2, 0.25) is 0 Å². The van der Waals surface area contributed by atoms with Crippen molar-refractivity contribution in [2.75, 3.05) is 6.79 Å². The van der Waals surface area contributed by atoms with Gasteiger partial charge in [0.2, 0.25) is 12.7 Å². The molecule has 2 heterocycles. The van der Waals surface area contributed by atoms with Crippen molar-refractivity contribution in [3.63, 3.8) is 0 Å². The van der Waals surface area contributed by atoms with Gasteiger partial charge in [0.05, 0.1) is 5.69 Å². The zero-order valence-electron chi connectivity index (χ0n) is 14.2. The van der Waals surface area contributed by atoms with E-state index in [1.807, 2.05) is 25.1 Å². The number of rotatable bonds is 4. The van der Waals surface area contributed by atoms with Gasteiger partial charge in [0.25, 0.3) is 0 Å². The van der Waals surface area contributed by atoms with Crippen LogP contribution in [0.15, 0.2) is 18.2 Å². The lowest BCUT2D eigenvalue weighted by atomic mass is 9.80. The molecule has 0 radical (unpaired) electrons. The van der Waals surface area contributed by atoms with Gasteiger partial charge < -0.3 is 14.8 Å². The number of carbonyl (C=O) groups excluding carboxylic acids is 1. The predicted molar refractivity (Wildman–Crippen MR) is 88.5 cm³/mol. The molecule has 132 valence electrons. The number of hydrogen-bond donors (Lipinski definition) is 1. The second-order valence-corrected chi connectivity index (χ2v) is 6.50. The van der Waals surface area contributed by atoms with Crippen LogP contribution in [0.3, 0.4) is 0 Å². The van der Waals surface area contributed by atoms with Gasteiger partial charge in [-0.2, -0.15) is 4.68 Å². The number of nitrogens with zero attached hydrogens (tertiary/aromatic N) is 4. The van der Waals surface area contributed by atoms with E-state index in [1.165, 1.54) is 0 Å². The van der Waals surface area contributed by atoms with E-state index in [0.717, 1.165) is 37.8 Å². The summed E-state index contributed by atoms with van der Waals surface area (Å²) in [5.41, 5.74) is 0.269. The molecule has 8 nitrogen and oxygen atoms in total. The maximum Gasteiger partial charge on any atom is 0.231 e. The maximum absolute atomic E-state index is 12.2. The summed E-state index contributed by atoms with van der Waals surface area (Å²) < 4.78 is 12.5. The van der Waals surface area contributed by atoms with Crippen LogP contribution in [0.5, 0.6) is 11.5 Å². The number of tetrazole rings is 1. The number of aromatic nitrogens is 4. The molecule has 0 spiro atoms. The van der Waals surface area contributed by atoms with Crippen molar-refractivity contribution in [3.8, 4) is 17.2 Å². The van der Waals surface area contributed by atoms with Crippen LogP contribution in [-0.4, -0.2) is 32.9 Å². The molecule has 0 atom stereocenters. The summed E-state index contributed by atoms with van der Waals surface area (Å²) in [5.74, 6) is 2.08. The highest BCUT2D eigenvalue weighted by Gasteiger charge is 2.40. The molecule has 8 heteroatoms. The summed E-state index contributed by atoms with van der Waals surface area (Å²) in [6.45, 7) is 2.07. The highest BCUT2D eigenvalue weighted by atomic mass is 16.7. The lowest BCUT2D eigenvalue weighted by Gasteiger charge is -2.36. The van der Waals surface area contributed by atoms with Crippen LogP contribution < -0.4 is 14.8 Å². The average Bonchev–Trinajstić information content (AvgIpc) is 3.31. The van der Waals surface area contributed by atoms with Crippen molar-refractivity contribution in [1.29, 1.82) is 0 Å². The Bertz CT molecular complexity index is 782. The molecule has 1 aromatic heterocycles. The zero-order valence-corrected chi connectivity index (χ0v) is 14.2. The van der Waals surface area contributed by atoms with E-state index >= 15 is 0 Å². The van der Waals surface area contributed by atoms with Gasteiger partial charge >= 0.3 is 0 Å². The molecular weight excluding hydrogens is 322 g/mol. The summed E-state index contributed by atoms with van der Waals surface area (Å²) in [4.78, 5) is 12.2. The number of hydrogen-bond acceptors (Lipinski definition) is 6. The number of nitrogens with one attached hydrogen (secondary N) is 1. The highest BCUT2D eigenvalue weighted by molar-refractivity contribution is 5.76. The molecule has 1 amide bonds. The monoisotopic (exact) mass is 343 g/mol. The molecule has 1 aliphatic carbocycles. The fraction of sp³-hybridized carbons (Fsp3) is 0.529. The first kappa shape index (κ1) is 15.9. The number of amides is 1. The summed E-state index contributed by atoms with van der Waals surface area (Å²) in [6, 6.07) is 5.60. The Morgan fingerprint density at radius 1 is 1.24 bits per heavy atom. The minimum absolute atomic E-state index is 0.0159. The third-order valence-electron chi connectivity index (χ3n) is 4.91. The Morgan fingerprint density at radius 2 is 2.04 bits per heavy atom. The van der Waals surface area contributed by atoms with E-state index < -0.39 is 5.54 Å². The maximum atomic E-state index is 12.2. The van der Waals surface area contributed by atoms with E-state index in [9.17, 15) is 4.79 Å². The molecular formula is C17H21N5O3. The minimum Gasteiger partial charge on any atom is -0.454 e. The normalized spacial score (nSPS) is 18.1. The summed E-state index contributed by atoms with van der Waals surface area (Å²) in [6.07, 6.45) is 5.35. The molecule has 0 unspecified atom stereocenters. The van der Waals surface area contributed by atoms with Gasteiger partial charge in [-0.3, -0.25) is 4.79 Å². The van der Waals surface area contributed by atoms with Gasteiger partial charge in [-0.15, -0.1) is 5.10 Å². The van der Waals surface area contributed by atoms with Crippen LogP contribution in [0, 0.1) is 0 Å². The summed E-state index contributed by atoms with van der Waals surface area (Å²) in [7, 11) is 0. The van der Waals surface area contributed by atoms with Gasteiger partial charge in [-0.1, -0.05) is 26.2 Å². The van der Waals surface area contributed by atoms with Crippen LogP contribution in [-0.2, 0) is 10.3 Å². The van der Waals surface area contributed by atoms with E-state index in [2.05, 4.69) is 20.8 Å². The van der Waals surface area contributed by atoms with Crippen LogP contribution in [0.1, 0.15) is 51.3 Å². The van der Waals surface area contributed by atoms with Crippen LogP contribution in [0.4, 0.5) is 0 Å². The Balaban J connectivity index is 1.75. The molecule has 1 saturated carbocycles. The third kappa shape index (κ3) is 2.81. The largest absolute Gasteiger partial charge is 0.454 e. The van der Waals surface area contributed by atoms with Gasteiger partial charge in [0.1, 0.15) is 5.54 Å². The van der Waals surface area contributed by atoms with Crippen LogP contribution >= 0.6 is 0 Å². The predicted octanol–water partition coefficient (Wildman–Crippen LogP) is 2.08. The molecule has 1 aromatic carbocycles.